The van der Waals surface area contributed by atoms with Crippen molar-refractivity contribution in [2.75, 3.05) is 10.5 Å². The molecule has 2 N–H and O–H groups in total. The molecule has 2 aromatic rings. The van der Waals surface area contributed by atoms with Gasteiger partial charge in [-0.05, 0) is 18.6 Å². The molecule has 0 unspecified atom stereocenters. The Labute approximate surface area is 126 Å². The van der Waals surface area contributed by atoms with E-state index in [1.54, 1.807) is 24.4 Å². The fraction of sp³-hybridized carbons (Fsp3) is 0.231. The SMILES string of the molecule is O=C(O)CCCS(=O)(=O)Nc1cccc(-c2nccs2)c1. The van der Waals surface area contributed by atoms with E-state index in [1.807, 2.05) is 11.4 Å². The normalized spacial score (nSPS) is 11.2. The van der Waals surface area contributed by atoms with E-state index in [9.17, 15) is 13.2 Å². The third-order valence-electron chi connectivity index (χ3n) is 2.62. The fourth-order valence-electron chi connectivity index (χ4n) is 1.73. The Bertz CT molecular complexity index is 712. The summed E-state index contributed by atoms with van der Waals surface area (Å²) in [4.78, 5) is 14.6. The lowest BCUT2D eigenvalue weighted by molar-refractivity contribution is -0.137. The van der Waals surface area contributed by atoms with Gasteiger partial charge in [-0.3, -0.25) is 9.52 Å². The second-order valence-corrected chi connectivity index (χ2v) is 7.07. The molecular weight excluding hydrogens is 312 g/mol. The number of aromatic nitrogens is 1. The van der Waals surface area contributed by atoms with Gasteiger partial charge in [-0.25, -0.2) is 13.4 Å². The smallest absolute Gasteiger partial charge is 0.303 e. The lowest BCUT2D eigenvalue weighted by Gasteiger charge is -2.08. The van der Waals surface area contributed by atoms with E-state index in [1.165, 1.54) is 11.3 Å². The highest BCUT2D eigenvalue weighted by Gasteiger charge is 2.12. The van der Waals surface area contributed by atoms with Crippen molar-refractivity contribution in [3.8, 4) is 10.6 Å². The first-order valence-corrected chi connectivity index (χ1v) is 8.72. The van der Waals surface area contributed by atoms with Gasteiger partial charge in [0.25, 0.3) is 0 Å². The molecule has 0 aliphatic carbocycles. The van der Waals surface area contributed by atoms with Gasteiger partial charge >= 0.3 is 5.97 Å². The Morgan fingerprint density at radius 1 is 1.38 bits per heavy atom. The molecule has 6 nitrogen and oxygen atoms in total. The van der Waals surface area contributed by atoms with E-state index < -0.39 is 16.0 Å². The third kappa shape index (κ3) is 4.83. The molecule has 2 rings (SSSR count). The number of rotatable bonds is 7. The van der Waals surface area contributed by atoms with Gasteiger partial charge in [-0.2, -0.15) is 0 Å². The van der Waals surface area contributed by atoms with E-state index in [4.69, 9.17) is 5.11 Å². The summed E-state index contributed by atoms with van der Waals surface area (Å²) >= 11 is 1.47. The Balaban J connectivity index is 2.05. The number of hydrogen-bond acceptors (Lipinski definition) is 5. The Morgan fingerprint density at radius 2 is 2.19 bits per heavy atom. The molecule has 1 heterocycles. The first-order chi connectivity index (χ1) is 9.96. The van der Waals surface area contributed by atoms with Crippen molar-refractivity contribution in [2.45, 2.75) is 12.8 Å². The molecule has 0 aliphatic rings. The third-order valence-corrected chi connectivity index (χ3v) is 4.81. The van der Waals surface area contributed by atoms with Crippen molar-refractivity contribution in [1.82, 2.24) is 4.98 Å². The molecule has 0 fully saturated rings. The molecule has 0 spiro atoms. The molecule has 0 atom stereocenters. The summed E-state index contributed by atoms with van der Waals surface area (Å²) in [6.07, 6.45) is 1.60. The van der Waals surface area contributed by atoms with Crippen molar-refractivity contribution < 1.29 is 18.3 Å². The number of carboxylic acids is 1. The van der Waals surface area contributed by atoms with E-state index in [0.717, 1.165) is 10.6 Å². The molecule has 0 saturated heterocycles. The summed E-state index contributed by atoms with van der Waals surface area (Å²) < 4.78 is 26.2. The molecular formula is C13H14N2O4S2. The largest absolute Gasteiger partial charge is 0.481 e. The molecule has 0 bridgehead atoms. The second kappa shape index (κ2) is 6.68. The summed E-state index contributed by atoms with van der Waals surface area (Å²) in [5.41, 5.74) is 1.27. The van der Waals surface area contributed by atoms with Crippen molar-refractivity contribution in [2.24, 2.45) is 0 Å². The number of nitrogens with zero attached hydrogens (tertiary/aromatic N) is 1. The lowest BCUT2D eigenvalue weighted by atomic mass is 10.2. The van der Waals surface area contributed by atoms with Gasteiger partial charge in [-0.15, -0.1) is 11.3 Å². The number of nitrogens with one attached hydrogen (secondary N) is 1. The monoisotopic (exact) mass is 326 g/mol. The van der Waals surface area contributed by atoms with Crippen LogP contribution in [0.2, 0.25) is 0 Å². The number of sulfonamides is 1. The number of carboxylic acid groups (broad SMARTS) is 1. The van der Waals surface area contributed by atoms with Gasteiger partial charge in [0, 0.05) is 29.2 Å². The molecule has 21 heavy (non-hydrogen) atoms. The molecule has 1 aromatic heterocycles. The van der Waals surface area contributed by atoms with Crippen LogP contribution in [0.3, 0.4) is 0 Å². The van der Waals surface area contributed by atoms with Crippen LogP contribution in [0, 0.1) is 0 Å². The number of hydrogen-bond donors (Lipinski definition) is 2. The molecule has 8 heteroatoms. The summed E-state index contributed by atoms with van der Waals surface area (Å²) in [6, 6.07) is 6.94. The van der Waals surface area contributed by atoms with Crippen LogP contribution in [0.1, 0.15) is 12.8 Å². The van der Waals surface area contributed by atoms with Crippen LogP contribution in [-0.2, 0) is 14.8 Å². The number of carbonyl (C=O) groups is 1. The first-order valence-electron chi connectivity index (χ1n) is 6.18. The Morgan fingerprint density at radius 3 is 2.86 bits per heavy atom. The average molecular weight is 326 g/mol. The predicted octanol–water partition coefficient (Wildman–Crippen LogP) is 2.42. The Hall–Kier alpha value is -1.93. The summed E-state index contributed by atoms with van der Waals surface area (Å²) in [6.45, 7) is 0. The zero-order valence-electron chi connectivity index (χ0n) is 11.0. The van der Waals surface area contributed by atoms with Crippen LogP contribution in [0.25, 0.3) is 10.6 Å². The van der Waals surface area contributed by atoms with Gasteiger partial charge in [0.05, 0.1) is 5.75 Å². The average Bonchev–Trinajstić information content (AvgIpc) is 2.91. The zero-order chi connectivity index (χ0) is 15.3. The number of benzene rings is 1. The van der Waals surface area contributed by atoms with E-state index >= 15 is 0 Å². The lowest BCUT2D eigenvalue weighted by Crippen LogP contribution is -2.17. The van der Waals surface area contributed by atoms with Crippen molar-refractivity contribution in [3.05, 3.63) is 35.8 Å². The van der Waals surface area contributed by atoms with Gasteiger partial charge in [0.1, 0.15) is 5.01 Å². The maximum atomic E-state index is 11.9. The predicted molar refractivity (Wildman–Crippen MR) is 81.8 cm³/mol. The fourth-order valence-corrected chi connectivity index (χ4v) is 3.47. The minimum atomic E-state index is -3.55. The summed E-state index contributed by atoms with van der Waals surface area (Å²) in [5.74, 6) is -1.23. The van der Waals surface area contributed by atoms with Crippen molar-refractivity contribution in [1.29, 1.82) is 0 Å². The maximum absolute atomic E-state index is 11.9. The highest BCUT2D eigenvalue weighted by atomic mass is 32.2. The molecule has 112 valence electrons. The zero-order valence-corrected chi connectivity index (χ0v) is 12.7. The molecule has 0 radical (unpaired) electrons. The van der Waals surface area contributed by atoms with Crippen LogP contribution in [-0.4, -0.2) is 30.2 Å². The van der Waals surface area contributed by atoms with Crippen molar-refractivity contribution >= 4 is 33.0 Å². The summed E-state index contributed by atoms with van der Waals surface area (Å²) in [7, 11) is -3.55. The van der Waals surface area contributed by atoms with Crippen LogP contribution in [0.4, 0.5) is 5.69 Å². The van der Waals surface area contributed by atoms with E-state index in [2.05, 4.69) is 9.71 Å². The number of anilines is 1. The molecule has 0 aliphatic heterocycles. The standard InChI is InChI=1S/C13H14N2O4S2/c16-12(17)5-2-8-21(18,19)15-11-4-1-3-10(9-11)13-14-6-7-20-13/h1,3-4,6-7,9,15H,2,5,8H2,(H,16,17). The van der Waals surface area contributed by atoms with Gasteiger partial charge in [0.2, 0.25) is 10.0 Å². The summed E-state index contributed by atoms with van der Waals surface area (Å²) in [5, 5.41) is 11.2. The van der Waals surface area contributed by atoms with E-state index in [-0.39, 0.29) is 18.6 Å². The topological polar surface area (TPSA) is 96.4 Å². The van der Waals surface area contributed by atoms with Crippen molar-refractivity contribution in [3.63, 3.8) is 0 Å². The highest BCUT2D eigenvalue weighted by molar-refractivity contribution is 7.92. The maximum Gasteiger partial charge on any atom is 0.303 e. The molecule has 1 aromatic carbocycles. The first kappa shape index (κ1) is 15.5. The molecule has 0 saturated carbocycles. The van der Waals surface area contributed by atoms with Gasteiger partial charge in [-0.1, -0.05) is 12.1 Å². The second-order valence-electron chi connectivity index (χ2n) is 4.34. The quantitative estimate of drug-likeness (QED) is 0.814. The van der Waals surface area contributed by atoms with Gasteiger partial charge in [0.15, 0.2) is 0 Å². The number of aliphatic carboxylic acids is 1. The minimum absolute atomic E-state index is 0.0802. The molecule has 0 amide bonds. The highest BCUT2D eigenvalue weighted by Crippen LogP contribution is 2.24. The van der Waals surface area contributed by atoms with E-state index in [0.29, 0.717) is 5.69 Å². The Kier molecular flexibility index (Phi) is 4.92. The minimum Gasteiger partial charge on any atom is -0.481 e. The van der Waals surface area contributed by atoms with Gasteiger partial charge < -0.3 is 5.11 Å². The number of thiazole rings is 1. The van der Waals surface area contributed by atoms with Crippen LogP contribution < -0.4 is 4.72 Å². The van der Waals surface area contributed by atoms with Crippen LogP contribution in [0.5, 0.6) is 0 Å². The van der Waals surface area contributed by atoms with Crippen LogP contribution >= 0.6 is 11.3 Å². The van der Waals surface area contributed by atoms with Crippen LogP contribution in [0.15, 0.2) is 35.8 Å².